The summed E-state index contributed by atoms with van der Waals surface area (Å²) in [7, 11) is 0. The summed E-state index contributed by atoms with van der Waals surface area (Å²) < 4.78 is 0. The average molecular weight is 205 g/mol. The first-order chi connectivity index (χ1) is 6.79. The fraction of sp³-hybridized carbons (Fsp3) is 0.900. The van der Waals surface area contributed by atoms with E-state index in [4.69, 9.17) is 20.4 Å². The lowest BCUT2D eigenvalue weighted by molar-refractivity contribution is 0.172. The van der Waals surface area contributed by atoms with Crippen LogP contribution in [0, 0.1) is 11.8 Å². The lowest BCUT2D eigenvalue weighted by Gasteiger charge is -2.23. The minimum atomic E-state index is -0.0429. The summed E-state index contributed by atoms with van der Waals surface area (Å²) in [6, 6.07) is 0. The van der Waals surface area contributed by atoms with E-state index in [9.17, 15) is 0 Å². The quantitative estimate of drug-likeness (QED) is 0.417. The predicted octanol–water partition coefficient (Wildman–Crippen LogP) is -0.293. The van der Waals surface area contributed by atoms with E-state index in [0.717, 1.165) is 5.92 Å². The molecule has 14 heavy (non-hydrogen) atoms. The van der Waals surface area contributed by atoms with Crippen LogP contribution in [0.5, 0.6) is 0 Å². The third-order valence-electron chi connectivity index (χ3n) is 2.36. The number of rotatable bonds is 9. The minimum Gasteiger partial charge on any atom is -0.396 e. The molecule has 0 fully saturated rings. The van der Waals surface area contributed by atoms with Crippen molar-refractivity contribution in [1.82, 2.24) is 0 Å². The molecule has 0 rings (SSSR count). The molecule has 0 aliphatic heterocycles. The second-order valence-electron chi connectivity index (χ2n) is 3.35. The van der Waals surface area contributed by atoms with Crippen LogP contribution >= 0.6 is 0 Å². The molecule has 0 aliphatic carbocycles. The van der Waals surface area contributed by atoms with Gasteiger partial charge in [-0.25, -0.2) is 0 Å². The number of aliphatic hydroxyl groups is 4. The molecule has 0 amide bonds. The molecule has 0 heterocycles. The normalized spacial score (nSPS) is 13.5. The van der Waals surface area contributed by atoms with Gasteiger partial charge in [0.1, 0.15) is 0 Å². The molecule has 0 spiro atoms. The Balaban J connectivity index is 3.97. The zero-order chi connectivity index (χ0) is 10.8. The van der Waals surface area contributed by atoms with E-state index in [-0.39, 0.29) is 32.3 Å². The lowest BCUT2D eigenvalue weighted by Crippen LogP contribution is -2.19. The van der Waals surface area contributed by atoms with Crippen molar-refractivity contribution in [3.63, 3.8) is 0 Å². The van der Waals surface area contributed by atoms with Gasteiger partial charge >= 0.3 is 0 Å². The van der Waals surface area contributed by atoms with Crippen molar-refractivity contribution in [3.8, 4) is 0 Å². The van der Waals surface area contributed by atoms with E-state index in [0.29, 0.717) is 25.7 Å². The van der Waals surface area contributed by atoms with Gasteiger partial charge in [0.15, 0.2) is 0 Å². The Morgan fingerprint density at radius 1 is 0.857 bits per heavy atom. The largest absolute Gasteiger partial charge is 0.396 e. The molecule has 0 aliphatic rings. The van der Waals surface area contributed by atoms with Gasteiger partial charge in [-0.2, -0.15) is 0 Å². The van der Waals surface area contributed by atoms with E-state index < -0.39 is 0 Å². The van der Waals surface area contributed by atoms with Crippen molar-refractivity contribution in [2.75, 3.05) is 26.4 Å². The molecular formula is C10H21O4. The molecule has 1 radical (unpaired) electrons. The second kappa shape index (κ2) is 9.40. The highest BCUT2D eigenvalue weighted by Crippen LogP contribution is 2.25. The van der Waals surface area contributed by atoms with Crippen LogP contribution in [-0.4, -0.2) is 46.9 Å². The molecule has 1 atom stereocenters. The highest BCUT2D eigenvalue weighted by Gasteiger charge is 2.19. The summed E-state index contributed by atoms with van der Waals surface area (Å²) in [5.41, 5.74) is 0. The molecule has 0 aromatic carbocycles. The van der Waals surface area contributed by atoms with Gasteiger partial charge in [0, 0.05) is 26.4 Å². The zero-order valence-electron chi connectivity index (χ0n) is 8.52. The van der Waals surface area contributed by atoms with Crippen LogP contribution in [0.15, 0.2) is 0 Å². The SMILES string of the molecule is OCCC[C](CCO)C(CO)CCO. The minimum absolute atomic E-state index is 0.00131. The number of hydrogen-bond acceptors (Lipinski definition) is 4. The van der Waals surface area contributed by atoms with Gasteiger partial charge < -0.3 is 20.4 Å². The van der Waals surface area contributed by atoms with E-state index in [1.165, 1.54) is 0 Å². The number of aliphatic hydroxyl groups excluding tert-OH is 4. The summed E-state index contributed by atoms with van der Waals surface area (Å²) in [4.78, 5) is 0. The molecule has 0 saturated carbocycles. The molecule has 1 unspecified atom stereocenters. The van der Waals surface area contributed by atoms with Gasteiger partial charge in [0.05, 0.1) is 0 Å². The molecule has 0 bridgehead atoms. The van der Waals surface area contributed by atoms with E-state index in [2.05, 4.69) is 0 Å². The summed E-state index contributed by atoms with van der Waals surface area (Å²) in [6.45, 7) is 0.218. The van der Waals surface area contributed by atoms with Gasteiger partial charge in [0.2, 0.25) is 0 Å². The van der Waals surface area contributed by atoms with Gasteiger partial charge in [-0.05, 0) is 37.5 Å². The second-order valence-corrected chi connectivity index (χ2v) is 3.35. The third-order valence-corrected chi connectivity index (χ3v) is 2.36. The monoisotopic (exact) mass is 205 g/mol. The van der Waals surface area contributed by atoms with Crippen molar-refractivity contribution in [3.05, 3.63) is 5.92 Å². The summed E-state index contributed by atoms with van der Waals surface area (Å²) in [5, 5.41) is 35.4. The van der Waals surface area contributed by atoms with E-state index in [1.54, 1.807) is 0 Å². The Hall–Kier alpha value is -0.160. The van der Waals surface area contributed by atoms with Gasteiger partial charge in [-0.3, -0.25) is 0 Å². The van der Waals surface area contributed by atoms with Crippen molar-refractivity contribution in [1.29, 1.82) is 0 Å². The summed E-state index contributed by atoms with van der Waals surface area (Å²) in [6.07, 6.45) is 2.43. The molecule has 85 valence electrons. The fourth-order valence-electron chi connectivity index (χ4n) is 1.56. The predicted molar refractivity (Wildman–Crippen MR) is 53.5 cm³/mol. The Labute approximate surface area is 85.2 Å². The zero-order valence-corrected chi connectivity index (χ0v) is 8.52. The standard InChI is InChI=1S/C10H21O4/c11-5-1-2-9(3-6-12)10(8-14)4-7-13/h10-14H,1-8H2. The van der Waals surface area contributed by atoms with Crippen molar-refractivity contribution in [2.45, 2.75) is 25.7 Å². The first-order valence-electron chi connectivity index (χ1n) is 5.08. The average Bonchev–Trinajstić information content (AvgIpc) is 2.21. The van der Waals surface area contributed by atoms with Gasteiger partial charge in [0.25, 0.3) is 0 Å². The molecular weight excluding hydrogens is 184 g/mol. The molecule has 0 aromatic rings. The molecule has 4 heteroatoms. The first kappa shape index (κ1) is 13.8. The smallest absolute Gasteiger partial charge is 0.0465 e. The van der Waals surface area contributed by atoms with Gasteiger partial charge in [-0.15, -0.1) is 0 Å². The molecule has 4 nitrogen and oxygen atoms in total. The van der Waals surface area contributed by atoms with Crippen LogP contribution in [0.1, 0.15) is 25.7 Å². The Kier molecular flexibility index (Phi) is 9.29. The Bertz CT molecular complexity index is 119. The Morgan fingerprint density at radius 2 is 1.57 bits per heavy atom. The van der Waals surface area contributed by atoms with E-state index >= 15 is 0 Å². The van der Waals surface area contributed by atoms with E-state index in [1.807, 2.05) is 0 Å². The van der Waals surface area contributed by atoms with Crippen LogP contribution in [0.3, 0.4) is 0 Å². The van der Waals surface area contributed by atoms with Crippen LogP contribution in [-0.2, 0) is 0 Å². The third kappa shape index (κ3) is 5.54. The van der Waals surface area contributed by atoms with Crippen molar-refractivity contribution >= 4 is 0 Å². The number of hydrogen-bond donors (Lipinski definition) is 4. The maximum atomic E-state index is 9.08. The van der Waals surface area contributed by atoms with Crippen LogP contribution in [0.4, 0.5) is 0 Å². The summed E-state index contributed by atoms with van der Waals surface area (Å²) in [5.74, 6) is 0.997. The maximum Gasteiger partial charge on any atom is 0.0465 e. The Morgan fingerprint density at radius 3 is 2.00 bits per heavy atom. The fourth-order valence-corrected chi connectivity index (χ4v) is 1.56. The molecule has 4 N–H and O–H groups in total. The van der Waals surface area contributed by atoms with Crippen LogP contribution < -0.4 is 0 Å². The first-order valence-corrected chi connectivity index (χ1v) is 5.08. The van der Waals surface area contributed by atoms with Gasteiger partial charge in [-0.1, -0.05) is 0 Å². The molecule has 0 saturated heterocycles. The topological polar surface area (TPSA) is 80.9 Å². The maximum absolute atomic E-state index is 9.08. The highest BCUT2D eigenvalue weighted by molar-refractivity contribution is 4.95. The van der Waals surface area contributed by atoms with Crippen LogP contribution in [0.25, 0.3) is 0 Å². The molecule has 0 aromatic heterocycles. The van der Waals surface area contributed by atoms with Crippen molar-refractivity contribution < 1.29 is 20.4 Å². The lowest BCUT2D eigenvalue weighted by atomic mass is 9.84. The van der Waals surface area contributed by atoms with Crippen molar-refractivity contribution in [2.24, 2.45) is 5.92 Å². The summed E-state index contributed by atoms with van der Waals surface area (Å²) >= 11 is 0. The highest BCUT2D eigenvalue weighted by atomic mass is 16.3. The van der Waals surface area contributed by atoms with Crippen LogP contribution in [0.2, 0.25) is 0 Å².